The topological polar surface area (TPSA) is 45.0 Å². The summed E-state index contributed by atoms with van der Waals surface area (Å²) in [6, 6.07) is 7.23. The third-order valence-electron chi connectivity index (χ3n) is 4.19. The third kappa shape index (κ3) is 4.47. The van der Waals surface area contributed by atoms with Crippen LogP contribution < -0.4 is 10.1 Å². The molecule has 21 heavy (non-hydrogen) atoms. The molecule has 1 aromatic carbocycles. The van der Waals surface area contributed by atoms with E-state index in [1.165, 1.54) is 29.5 Å². The van der Waals surface area contributed by atoms with Crippen LogP contribution in [-0.2, 0) is 0 Å². The Morgan fingerprint density at radius 3 is 2.67 bits per heavy atom. The van der Waals surface area contributed by atoms with Gasteiger partial charge in [-0.25, -0.2) is 0 Å². The minimum Gasteiger partial charge on any atom is -0.493 e. The summed E-state index contributed by atoms with van der Waals surface area (Å²) in [5.74, 6) is 0.973. The highest BCUT2D eigenvalue weighted by Crippen LogP contribution is 2.26. The molecule has 3 heteroatoms. The standard InChI is InChI=1S/C18H26N2O/c1-13-10-14(2)15(3)17(11-13)21-9-5-8-18(4,12-19)20-16-6-7-16/h10-11,16,20H,5-9H2,1-4H3. The molecule has 1 saturated carbocycles. The van der Waals surface area contributed by atoms with Crippen molar-refractivity contribution in [1.82, 2.24) is 5.32 Å². The van der Waals surface area contributed by atoms with Crippen LogP contribution in [-0.4, -0.2) is 18.2 Å². The molecule has 1 N–H and O–H groups in total. The van der Waals surface area contributed by atoms with Crippen LogP contribution in [0, 0.1) is 32.1 Å². The summed E-state index contributed by atoms with van der Waals surface area (Å²) in [7, 11) is 0. The smallest absolute Gasteiger partial charge is 0.122 e. The van der Waals surface area contributed by atoms with Gasteiger partial charge in [-0.05, 0) is 76.1 Å². The molecule has 1 aliphatic rings. The minimum atomic E-state index is -0.415. The normalized spacial score (nSPS) is 17.1. The van der Waals surface area contributed by atoms with E-state index in [0.29, 0.717) is 12.6 Å². The quantitative estimate of drug-likeness (QED) is 0.775. The van der Waals surface area contributed by atoms with Crippen molar-refractivity contribution in [2.24, 2.45) is 0 Å². The summed E-state index contributed by atoms with van der Waals surface area (Å²) < 4.78 is 5.92. The summed E-state index contributed by atoms with van der Waals surface area (Å²) >= 11 is 0. The first kappa shape index (κ1) is 15.9. The van der Waals surface area contributed by atoms with Gasteiger partial charge in [0.2, 0.25) is 0 Å². The van der Waals surface area contributed by atoms with Gasteiger partial charge in [0, 0.05) is 6.04 Å². The first-order valence-corrected chi connectivity index (χ1v) is 7.83. The van der Waals surface area contributed by atoms with Crippen LogP contribution in [0.25, 0.3) is 0 Å². The Morgan fingerprint density at radius 1 is 1.33 bits per heavy atom. The fraction of sp³-hybridized carbons (Fsp3) is 0.611. The van der Waals surface area contributed by atoms with E-state index in [4.69, 9.17) is 4.74 Å². The van der Waals surface area contributed by atoms with Crippen molar-refractivity contribution in [3.8, 4) is 11.8 Å². The Kier molecular flexibility index (Phi) is 4.90. The van der Waals surface area contributed by atoms with E-state index >= 15 is 0 Å². The molecule has 0 spiro atoms. The van der Waals surface area contributed by atoms with Gasteiger partial charge in [0.25, 0.3) is 0 Å². The van der Waals surface area contributed by atoms with Crippen molar-refractivity contribution in [1.29, 1.82) is 5.26 Å². The first-order valence-electron chi connectivity index (χ1n) is 7.83. The maximum atomic E-state index is 9.34. The lowest BCUT2D eigenvalue weighted by Gasteiger charge is -2.23. The van der Waals surface area contributed by atoms with Crippen LogP contribution in [0.5, 0.6) is 5.75 Å². The summed E-state index contributed by atoms with van der Waals surface area (Å²) in [4.78, 5) is 0. The van der Waals surface area contributed by atoms with Crippen molar-refractivity contribution in [3.63, 3.8) is 0 Å². The lowest BCUT2D eigenvalue weighted by Crippen LogP contribution is -2.42. The summed E-state index contributed by atoms with van der Waals surface area (Å²) in [5, 5.41) is 12.8. The zero-order valence-corrected chi connectivity index (χ0v) is 13.6. The SMILES string of the molecule is Cc1cc(C)c(C)c(OCCCC(C)(C#N)NC2CC2)c1. The zero-order chi connectivity index (χ0) is 15.5. The first-order chi connectivity index (χ1) is 9.93. The van der Waals surface area contributed by atoms with Crippen LogP contribution in [0.15, 0.2) is 12.1 Å². The Hall–Kier alpha value is -1.53. The molecule has 0 saturated heterocycles. The molecule has 0 aliphatic heterocycles. The van der Waals surface area contributed by atoms with Crippen LogP contribution in [0.3, 0.4) is 0 Å². The van der Waals surface area contributed by atoms with Crippen LogP contribution in [0.4, 0.5) is 0 Å². The largest absolute Gasteiger partial charge is 0.493 e. The number of hydrogen-bond acceptors (Lipinski definition) is 3. The van der Waals surface area contributed by atoms with Gasteiger partial charge < -0.3 is 4.74 Å². The number of rotatable bonds is 7. The molecule has 1 aromatic rings. The number of nitrogens with one attached hydrogen (secondary N) is 1. The summed E-state index contributed by atoms with van der Waals surface area (Å²) in [6.45, 7) is 8.95. The number of nitrogens with zero attached hydrogens (tertiary/aromatic N) is 1. The second-order valence-corrected chi connectivity index (χ2v) is 6.52. The second kappa shape index (κ2) is 6.49. The number of hydrogen-bond donors (Lipinski definition) is 1. The highest BCUT2D eigenvalue weighted by atomic mass is 16.5. The van der Waals surface area contributed by atoms with E-state index in [9.17, 15) is 5.26 Å². The Labute approximate surface area is 128 Å². The van der Waals surface area contributed by atoms with E-state index in [2.05, 4.69) is 44.3 Å². The predicted octanol–water partition coefficient (Wildman–Crippen LogP) is 3.81. The molecule has 3 nitrogen and oxygen atoms in total. The number of aryl methyl sites for hydroxylation is 2. The maximum Gasteiger partial charge on any atom is 0.122 e. The van der Waals surface area contributed by atoms with Gasteiger partial charge in [0.1, 0.15) is 11.3 Å². The molecule has 0 radical (unpaired) electrons. The predicted molar refractivity (Wildman–Crippen MR) is 85.6 cm³/mol. The van der Waals surface area contributed by atoms with Gasteiger partial charge >= 0.3 is 0 Å². The molecule has 0 heterocycles. The van der Waals surface area contributed by atoms with E-state index in [1.807, 2.05) is 6.92 Å². The van der Waals surface area contributed by atoms with Gasteiger partial charge in [-0.15, -0.1) is 0 Å². The highest BCUT2D eigenvalue weighted by Gasteiger charge is 2.31. The van der Waals surface area contributed by atoms with Gasteiger partial charge in [-0.1, -0.05) is 6.07 Å². The average Bonchev–Trinajstić information content (AvgIpc) is 3.23. The van der Waals surface area contributed by atoms with Crippen molar-refractivity contribution < 1.29 is 4.74 Å². The zero-order valence-electron chi connectivity index (χ0n) is 13.6. The highest BCUT2D eigenvalue weighted by molar-refractivity contribution is 5.41. The molecule has 1 aliphatic carbocycles. The maximum absolute atomic E-state index is 9.34. The Balaban J connectivity index is 1.83. The van der Waals surface area contributed by atoms with Gasteiger partial charge in [0.15, 0.2) is 0 Å². The van der Waals surface area contributed by atoms with E-state index in [1.54, 1.807) is 0 Å². The second-order valence-electron chi connectivity index (χ2n) is 6.52. The van der Waals surface area contributed by atoms with E-state index < -0.39 is 5.54 Å². The molecule has 1 unspecified atom stereocenters. The molecule has 0 bridgehead atoms. The van der Waals surface area contributed by atoms with Crippen LogP contribution >= 0.6 is 0 Å². The monoisotopic (exact) mass is 286 g/mol. The molecule has 2 rings (SSSR count). The van der Waals surface area contributed by atoms with Gasteiger partial charge in [-0.3, -0.25) is 5.32 Å². The molecule has 1 atom stereocenters. The molecule has 0 amide bonds. The van der Waals surface area contributed by atoms with Gasteiger partial charge in [-0.2, -0.15) is 5.26 Å². The minimum absolute atomic E-state index is 0.415. The Bertz CT molecular complexity index is 543. The Morgan fingerprint density at radius 2 is 2.05 bits per heavy atom. The molecule has 0 aromatic heterocycles. The van der Waals surface area contributed by atoms with Crippen molar-refractivity contribution in [2.45, 2.75) is 65.0 Å². The average molecular weight is 286 g/mol. The fourth-order valence-electron chi connectivity index (χ4n) is 2.60. The number of nitriles is 1. The lowest BCUT2D eigenvalue weighted by atomic mass is 9.98. The van der Waals surface area contributed by atoms with Crippen LogP contribution in [0.2, 0.25) is 0 Å². The molecule has 114 valence electrons. The van der Waals surface area contributed by atoms with Crippen molar-refractivity contribution in [2.75, 3.05) is 6.61 Å². The lowest BCUT2D eigenvalue weighted by molar-refractivity contribution is 0.282. The fourth-order valence-corrected chi connectivity index (χ4v) is 2.60. The van der Waals surface area contributed by atoms with Crippen molar-refractivity contribution >= 4 is 0 Å². The summed E-state index contributed by atoms with van der Waals surface area (Å²) in [6.07, 6.45) is 4.12. The van der Waals surface area contributed by atoms with E-state index in [0.717, 1.165) is 18.6 Å². The number of ether oxygens (including phenoxy) is 1. The van der Waals surface area contributed by atoms with Crippen molar-refractivity contribution in [3.05, 3.63) is 28.8 Å². The molecule has 1 fully saturated rings. The third-order valence-corrected chi connectivity index (χ3v) is 4.19. The molecular weight excluding hydrogens is 260 g/mol. The van der Waals surface area contributed by atoms with Gasteiger partial charge in [0.05, 0.1) is 12.7 Å². The molecular formula is C18H26N2O. The number of benzene rings is 1. The van der Waals surface area contributed by atoms with Crippen LogP contribution in [0.1, 0.15) is 49.3 Å². The summed E-state index contributed by atoms with van der Waals surface area (Å²) in [5.41, 5.74) is 3.29. The van der Waals surface area contributed by atoms with E-state index in [-0.39, 0.29) is 0 Å².